The van der Waals surface area contributed by atoms with E-state index in [1.54, 1.807) is 12.1 Å². The molecule has 1 aromatic carbocycles. The van der Waals surface area contributed by atoms with E-state index >= 15 is 0 Å². The summed E-state index contributed by atoms with van der Waals surface area (Å²) in [6.07, 6.45) is 2.26. The number of anilines is 2. The highest BCUT2D eigenvalue weighted by Crippen LogP contribution is 2.43. The number of fused-ring (bicyclic) bond motifs is 1. The van der Waals surface area contributed by atoms with Gasteiger partial charge in [-0.05, 0) is 49.8 Å². The van der Waals surface area contributed by atoms with Crippen LogP contribution in [-0.2, 0) is 6.18 Å². The maximum absolute atomic E-state index is 13.3. The lowest BCUT2D eigenvalue weighted by Gasteiger charge is -2.46. The van der Waals surface area contributed by atoms with E-state index in [0.717, 1.165) is 38.2 Å². The van der Waals surface area contributed by atoms with Crippen LogP contribution in [0.15, 0.2) is 18.2 Å². The summed E-state index contributed by atoms with van der Waals surface area (Å²) in [6, 6.07) is 4.46. The summed E-state index contributed by atoms with van der Waals surface area (Å²) in [6.45, 7) is 0.716. The van der Waals surface area contributed by atoms with Gasteiger partial charge >= 0.3 is 6.18 Å². The molecule has 2 N–H and O–H groups in total. The predicted molar refractivity (Wildman–Crippen MR) is 78.2 cm³/mol. The van der Waals surface area contributed by atoms with Crippen molar-refractivity contribution in [3.8, 4) is 0 Å². The van der Waals surface area contributed by atoms with Crippen molar-refractivity contribution in [2.75, 3.05) is 17.2 Å². The third-order valence-corrected chi connectivity index (χ3v) is 4.88. The van der Waals surface area contributed by atoms with Gasteiger partial charge in [0.2, 0.25) is 0 Å². The summed E-state index contributed by atoms with van der Waals surface area (Å²) in [5.74, 6) is 0.547. The van der Waals surface area contributed by atoms with Crippen molar-refractivity contribution in [3.63, 3.8) is 0 Å². The van der Waals surface area contributed by atoms with E-state index in [2.05, 4.69) is 0 Å². The average Bonchev–Trinajstić information content (AvgIpc) is 2.46. The number of benzene rings is 1. The molecule has 5 heteroatoms. The summed E-state index contributed by atoms with van der Waals surface area (Å²) in [4.78, 5) is 2.00. The van der Waals surface area contributed by atoms with Crippen LogP contribution in [0.2, 0.25) is 0 Å². The van der Waals surface area contributed by atoms with Crippen molar-refractivity contribution in [2.24, 2.45) is 5.92 Å². The molecule has 0 bridgehead atoms. The zero-order valence-corrected chi connectivity index (χ0v) is 12.0. The van der Waals surface area contributed by atoms with E-state index in [1.807, 2.05) is 4.90 Å². The zero-order chi connectivity index (χ0) is 15.0. The fraction of sp³-hybridized carbons (Fsp3) is 0.625. The molecule has 2 nitrogen and oxygen atoms in total. The number of nitrogens with zero attached hydrogens (tertiary/aromatic N) is 1. The van der Waals surface area contributed by atoms with E-state index in [4.69, 9.17) is 5.73 Å². The first-order valence-corrected chi connectivity index (χ1v) is 7.70. The fourth-order valence-corrected chi connectivity index (χ4v) is 3.96. The van der Waals surface area contributed by atoms with Gasteiger partial charge in [-0.1, -0.05) is 12.8 Å². The Labute approximate surface area is 123 Å². The molecule has 1 aromatic rings. The summed E-state index contributed by atoms with van der Waals surface area (Å²) >= 11 is 0. The average molecular weight is 298 g/mol. The monoisotopic (exact) mass is 298 g/mol. The van der Waals surface area contributed by atoms with Crippen LogP contribution in [0.25, 0.3) is 0 Å². The van der Waals surface area contributed by atoms with E-state index < -0.39 is 11.7 Å². The molecule has 0 unspecified atom stereocenters. The lowest BCUT2D eigenvalue weighted by Crippen LogP contribution is -2.47. The second kappa shape index (κ2) is 5.43. The van der Waals surface area contributed by atoms with Gasteiger partial charge < -0.3 is 10.6 Å². The molecule has 1 saturated carbocycles. The summed E-state index contributed by atoms with van der Waals surface area (Å²) < 4.78 is 40.0. The maximum Gasteiger partial charge on any atom is 0.418 e. The Morgan fingerprint density at radius 2 is 1.76 bits per heavy atom. The molecule has 0 radical (unpaired) electrons. The third kappa shape index (κ3) is 2.83. The van der Waals surface area contributed by atoms with E-state index in [9.17, 15) is 13.2 Å². The molecule has 2 aliphatic rings. The van der Waals surface area contributed by atoms with Gasteiger partial charge in [-0.3, -0.25) is 0 Å². The first-order valence-electron chi connectivity index (χ1n) is 7.70. The second-order valence-electron chi connectivity index (χ2n) is 6.22. The largest absolute Gasteiger partial charge is 0.418 e. The number of piperidine rings is 1. The number of hydrogen-bond donors (Lipinski definition) is 1. The van der Waals surface area contributed by atoms with Crippen LogP contribution in [0.4, 0.5) is 24.5 Å². The fourth-order valence-electron chi connectivity index (χ4n) is 3.96. The molecule has 0 amide bonds. The lowest BCUT2D eigenvalue weighted by molar-refractivity contribution is -0.137. The van der Waals surface area contributed by atoms with Gasteiger partial charge in [0.1, 0.15) is 0 Å². The van der Waals surface area contributed by atoms with Gasteiger partial charge in [-0.2, -0.15) is 13.2 Å². The SMILES string of the molecule is Nc1ccc(N2CCC[C@H]3CCCC[C@H]32)c(C(F)(F)F)c1. The van der Waals surface area contributed by atoms with E-state index in [0.29, 0.717) is 18.2 Å². The van der Waals surface area contributed by atoms with Gasteiger partial charge in [-0.25, -0.2) is 0 Å². The molecule has 2 atom stereocenters. The molecular weight excluding hydrogens is 277 g/mol. The highest BCUT2D eigenvalue weighted by atomic mass is 19.4. The number of nitrogen functional groups attached to an aromatic ring is 1. The first kappa shape index (κ1) is 14.5. The quantitative estimate of drug-likeness (QED) is 0.776. The van der Waals surface area contributed by atoms with Crippen LogP contribution < -0.4 is 10.6 Å². The smallest absolute Gasteiger partial charge is 0.399 e. The highest BCUT2D eigenvalue weighted by molar-refractivity contribution is 5.61. The van der Waals surface area contributed by atoms with E-state index in [-0.39, 0.29) is 11.7 Å². The van der Waals surface area contributed by atoms with Crippen LogP contribution in [0, 0.1) is 5.92 Å². The van der Waals surface area contributed by atoms with Crippen molar-refractivity contribution in [1.82, 2.24) is 0 Å². The van der Waals surface area contributed by atoms with Crippen LogP contribution in [0.1, 0.15) is 44.1 Å². The Kier molecular flexibility index (Phi) is 3.76. The van der Waals surface area contributed by atoms with Crippen LogP contribution in [-0.4, -0.2) is 12.6 Å². The standard InChI is InChI=1S/C16H21F3N2/c17-16(18,19)13-10-12(20)7-8-15(13)21-9-3-5-11-4-1-2-6-14(11)21/h7-8,10-11,14H,1-6,9,20H2/t11-,14-/m1/s1. The topological polar surface area (TPSA) is 29.3 Å². The number of rotatable bonds is 1. The van der Waals surface area contributed by atoms with Crippen molar-refractivity contribution in [1.29, 1.82) is 0 Å². The first-order chi connectivity index (χ1) is 9.97. The minimum absolute atomic E-state index is 0.170. The molecule has 3 rings (SSSR count). The Bertz CT molecular complexity index is 511. The summed E-state index contributed by atoms with van der Waals surface area (Å²) in [7, 11) is 0. The molecule has 1 aliphatic carbocycles. The molecular formula is C16H21F3N2. The lowest BCUT2D eigenvalue weighted by atomic mass is 9.78. The molecule has 2 fully saturated rings. The Hall–Kier alpha value is -1.39. The van der Waals surface area contributed by atoms with Gasteiger partial charge in [0.25, 0.3) is 0 Å². The number of nitrogens with two attached hydrogens (primary N) is 1. The molecule has 1 saturated heterocycles. The number of halogens is 3. The summed E-state index contributed by atoms with van der Waals surface area (Å²) in [5.41, 5.74) is 5.46. The zero-order valence-electron chi connectivity index (χ0n) is 12.0. The molecule has 116 valence electrons. The molecule has 1 aliphatic heterocycles. The predicted octanol–water partition coefficient (Wildman–Crippen LogP) is 4.45. The Morgan fingerprint density at radius 1 is 1.05 bits per heavy atom. The Balaban J connectivity index is 1.99. The minimum Gasteiger partial charge on any atom is -0.399 e. The van der Waals surface area contributed by atoms with Gasteiger partial charge in [0.15, 0.2) is 0 Å². The van der Waals surface area contributed by atoms with Crippen molar-refractivity contribution in [2.45, 2.75) is 50.7 Å². The van der Waals surface area contributed by atoms with Crippen LogP contribution >= 0.6 is 0 Å². The minimum atomic E-state index is -4.35. The molecule has 1 heterocycles. The van der Waals surface area contributed by atoms with Crippen molar-refractivity contribution in [3.05, 3.63) is 23.8 Å². The molecule has 0 spiro atoms. The number of hydrogen-bond acceptors (Lipinski definition) is 2. The van der Waals surface area contributed by atoms with Gasteiger partial charge in [-0.15, -0.1) is 0 Å². The van der Waals surface area contributed by atoms with Gasteiger partial charge in [0.05, 0.1) is 5.56 Å². The van der Waals surface area contributed by atoms with Crippen LogP contribution in [0.5, 0.6) is 0 Å². The second-order valence-corrected chi connectivity index (χ2v) is 6.22. The third-order valence-electron chi connectivity index (χ3n) is 4.88. The normalized spacial score (nSPS) is 26.5. The van der Waals surface area contributed by atoms with Crippen LogP contribution in [0.3, 0.4) is 0 Å². The van der Waals surface area contributed by atoms with Crippen molar-refractivity contribution >= 4 is 11.4 Å². The maximum atomic E-state index is 13.3. The molecule has 0 aromatic heterocycles. The Morgan fingerprint density at radius 3 is 2.52 bits per heavy atom. The number of alkyl halides is 3. The molecule has 21 heavy (non-hydrogen) atoms. The van der Waals surface area contributed by atoms with Crippen molar-refractivity contribution < 1.29 is 13.2 Å². The summed E-state index contributed by atoms with van der Waals surface area (Å²) in [5, 5.41) is 0. The highest BCUT2D eigenvalue weighted by Gasteiger charge is 2.39. The van der Waals surface area contributed by atoms with E-state index in [1.165, 1.54) is 6.42 Å². The van der Waals surface area contributed by atoms with Gasteiger partial charge in [0, 0.05) is 24.0 Å².